The first-order valence-corrected chi connectivity index (χ1v) is 22.0. The Morgan fingerprint density at radius 1 is 0.926 bits per heavy atom. The summed E-state index contributed by atoms with van der Waals surface area (Å²) in [6.45, 7) is 7.51. The Morgan fingerprint density at radius 2 is 1.61 bits per heavy atom. The highest BCUT2D eigenvalue weighted by molar-refractivity contribution is 7.92. The van der Waals surface area contributed by atoms with Crippen molar-refractivity contribution in [3.05, 3.63) is 64.5 Å². The van der Waals surface area contributed by atoms with Crippen molar-refractivity contribution >= 4 is 31.8 Å². The van der Waals surface area contributed by atoms with Gasteiger partial charge in [0, 0.05) is 41.9 Å². The summed E-state index contributed by atoms with van der Waals surface area (Å²) in [6, 6.07) is 6.07. The topological polar surface area (TPSA) is 158 Å². The monoisotopic (exact) mass is 788 g/mol. The van der Waals surface area contributed by atoms with Gasteiger partial charge in [-0.1, -0.05) is 19.3 Å². The molecule has 11 nitrogen and oxygen atoms in total. The number of sulfonamides is 2. The highest BCUT2D eigenvalue weighted by atomic mass is 32.2. The molecule has 0 atom stereocenters. The van der Waals surface area contributed by atoms with Crippen LogP contribution in [0.25, 0.3) is 11.1 Å². The number of fused-ring (bicyclic) bond motifs is 1. The van der Waals surface area contributed by atoms with Crippen LogP contribution < -0.4 is 14.6 Å². The third-order valence-corrected chi connectivity index (χ3v) is 12.8. The lowest BCUT2D eigenvalue weighted by atomic mass is 9.82. The molecule has 0 radical (unpaired) electrons. The van der Waals surface area contributed by atoms with E-state index in [4.69, 9.17) is 19.6 Å². The Hall–Kier alpha value is -3.82. The minimum absolute atomic E-state index is 0.0444. The Kier molecular flexibility index (Phi) is 11.6. The number of hydrogen-bond acceptors (Lipinski definition) is 8. The number of nitrogens with zero attached hydrogens (tertiary/aromatic N) is 2. The van der Waals surface area contributed by atoms with Gasteiger partial charge in [-0.25, -0.2) is 35.5 Å². The largest absolute Gasteiger partial charge is 0.454 e. The molecule has 3 aromatic rings. The van der Waals surface area contributed by atoms with E-state index < -0.39 is 43.4 Å². The highest BCUT2D eigenvalue weighted by Gasteiger charge is 2.36. The number of piperidine rings is 1. The van der Waals surface area contributed by atoms with Crippen molar-refractivity contribution in [3.8, 4) is 22.6 Å². The van der Waals surface area contributed by atoms with Crippen LogP contribution in [0, 0.1) is 11.6 Å². The Balaban J connectivity index is 1.60. The second-order valence-corrected chi connectivity index (χ2v) is 19.1. The number of rotatable bonds is 9. The van der Waals surface area contributed by atoms with Gasteiger partial charge in [-0.3, -0.25) is 9.71 Å². The normalized spacial score (nSPS) is 17.6. The summed E-state index contributed by atoms with van der Waals surface area (Å²) < 4.78 is 98.2. The standard InChI is InChI=1S/C39H50F2N4O7S2/c1-5-53(47,48)44-32-22-29(35-27-13-9-10-14-31(27)43-36(37(35)54(42,49)50)25-11-7-6-8-12-25)34(51-33-16-15-26(40)21-30(33)41)23-28(32)24-17-19-45(20-18-24)38(46)52-39(2,3)4/h15-16,21-25,44H,5-14,17-20H2,1-4H3,(H2,42,49,50). The van der Waals surface area contributed by atoms with E-state index in [0.29, 0.717) is 61.7 Å². The molecule has 0 bridgehead atoms. The first-order chi connectivity index (χ1) is 25.4. The number of benzene rings is 2. The second kappa shape index (κ2) is 15.7. The number of halogens is 2. The average molecular weight is 789 g/mol. The fraction of sp³-hybridized carbons (Fsp3) is 0.538. The number of amides is 1. The van der Waals surface area contributed by atoms with Gasteiger partial charge < -0.3 is 14.4 Å². The first kappa shape index (κ1) is 39.9. The quantitative estimate of drug-likeness (QED) is 0.219. The number of nitrogens with one attached hydrogen (secondary N) is 1. The molecule has 2 heterocycles. The van der Waals surface area contributed by atoms with E-state index in [2.05, 4.69) is 4.72 Å². The van der Waals surface area contributed by atoms with Crippen molar-refractivity contribution in [2.45, 2.75) is 121 Å². The molecule has 1 saturated carbocycles. The first-order valence-electron chi connectivity index (χ1n) is 18.8. The van der Waals surface area contributed by atoms with Gasteiger partial charge in [-0.2, -0.15) is 0 Å². The van der Waals surface area contributed by atoms with Crippen LogP contribution in [0.3, 0.4) is 0 Å². The predicted octanol–water partition coefficient (Wildman–Crippen LogP) is 8.27. The second-order valence-electron chi connectivity index (χ2n) is 15.6. The molecule has 3 aliphatic rings. The number of nitrogens with two attached hydrogens (primary N) is 1. The zero-order valence-electron chi connectivity index (χ0n) is 31.3. The minimum Gasteiger partial charge on any atom is -0.454 e. The van der Waals surface area contributed by atoms with Crippen molar-refractivity contribution in [1.29, 1.82) is 0 Å². The molecular formula is C39H50F2N4O7S2. The van der Waals surface area contributed by atoms with E-state index in [9.17, 15) is 26.0 Å². The maximum Gasteiger partial charge on any atom is 0.410 e. The van der Waals surface area contributed by atoms with Crippen molar-refractivity contribution < 1.29 is 39.9 Å². The predicted molar refractivity (Wildman–Crippen MR) is 203 cm³/mol. The van der Waals surface area contributed by atoms with Crippen molar-refractivity contribution in [2.75, 3.05) is 23.6 Å². The number of likely N-dealkylation sites (tertiary alicyclic amines) is 1. The third kappa shape index (κ3) is 9.00. The van der Waals surface area contributed by atoms with Crippen molar-refractivity contribution in [3.63, 3.8) is 0 Å². The number of pyridine rings is 1. The molecule has 2 aromatic carbocycles. The smallest absolute Gasteiger partial charge is 0.410 e. The zero-order valence-corrected chi connectivity index (χ0v) is 33.0. The number of carbonyl (C=O) groups is 1. The molecule has 2 fully saturated rings. The minimum atomic E-state index is -4.44. The summed E-state index contributed by atoms with van der Waals surface area (Å²) in [7, 11) is -8.31. The average Bonchev–Trinajstić information content (AvgIpc) is 3.11. The van der Waals surface area contributed by atoms with Crippen molar-refractivity contribution in [2.24, 2.45) is 5.14 Å². The number of primary sulfonamides is 1. The summed E-state index contributed by atoms with van der Waals surface area (Å²) in [5.74, 6) is -2.75. The van der Waals surface area contributed by atoms with Crippen LogP contribution >= 0.6 is 0 Å². The number of anilines is 1. The number of aromatic nitrogens is 1. The number of carbonyl (C=O) groups excluding carboxylic acids is 1. The molecule has 0 unspecified atom stereocenters. The van der Waals surface area contributed by atoms with Gasteiger partial charge >= 0.3 is 6.09 Å². The van der Waals surface area contributed by atoms with Crippen LogP contribution in [-0.2, 0) is 37.6 Å². The summed E-state index contributed by atoms with van der Waals surface area (Å²) in [5.41, 5.74) is 2.30. The summed E-state index contributed by atoms with van der Waals surface area (Å²) in [5, 5.41) is 6.10. The molecule has 2 aliphatic carbocycles. The fourth-order valence-corrected chi connectivity index (χ4v) is 9.56. The van der Waals surface area contributed by atoms with E-state index in [0.717, 1.165) is 62.8 Å². The van der Waals surface area contributed by atoms with Crippen LogP contribution in [0.1, 0.15) is 120 Å². The van der Waals surface area contributed by atoms with Crippen LogP contribution in [0.4, 0.5) is 19.3 Å². The molecule has 1 amide bonds. The maximum absolute atomic E-state index is 15.3. The lowest BCUT2D eigenvalue weighted by Gasteiger charge is -2.34. The van der Waals surface area contributed by atoms with Gasteiger partial charge in [0.25, 0.3) is 0 Å². The lowest BCUT2D eigenvalue weighted by Crippen LogP contribution is -2.41. The summed E-state index contributed by atoms with van der Waals surface area (Å²) in [4.78, 5) is 19.4. The van der Waals surface area contributed by atoms with Gasteiger partial charge in [0.15, 0.2) is 11.6 Å². The number of hydrogen-bond donors (Lipinski definition) is 2. The molecule has 3 N–H and O–H groups in total. The SMILES string of the molecule is CCS(=O)(=O)Nc1cc(-c2c3c(nc(C4CCCCC4)c2S(N)(=O)=O)CCCC3)c(Oc2ccc(F)cc2F)cc1C1CCN(C(=O)OC(C)(C)C)CC1. The zero-order chi connectivity index (χ0) is 39.0. The molecule has 294 valence electrons. The van der Waals surface area contributed by atoms with E-state index in [1.165, 1.54) is 6.92 Å². The van der Waals surface area contributed by atoms with E-state index >= 15 is 4.39 Å². The van der Waals surface area contributed by atoms with Crippen LogP contribution in [0.5, 0.6) is 11.5 Å². The summed E-state index contributed by atoms with van der Waals surface area (Å²) in [6.07, 6.45) is 7.43. The van der Waals surface area contributed by atoms with E-state index in [1.807, 2.05) is 0 Å². The molecule has 6 rings (SSSR count). The van der Waals surface area contributed by atoms with Gasteiger partial charge in [0.2, 0.25) is 20.0 Å². The van der Waals surface area contributed by atoms with Gasteiger partial charge in [0.05, 0.1) is 17.1 Å². The number of ether oxygens (including phenoxy) is 2. The van der Waals surface area contributed by atoms with Crippen LogP contribution in [0.15, 0.2) is 35.2 Å². The molecule has 1 aromatic heterocycles. The van der Waals surface area contributed by atoms with E-state index in [-0.39, 0.29) is 50.8 Å². The summed E-state index contributed by atoms with van der Waals surface area (Å²) >= 11 is 0. The molecule has 1 saturated heterocycles. The molecular weight excluding hydrogens is 739 g/mol. The molecule has 0 spiro atoms. The maximum atomic E-state index is 15.3. The molecule has 1 aliphatic heterocycles. The van der Waals surface area contributed by atoms with Gasteiger partial charge in [-0.15, -0.1) is 0 Å². The van der Waals surface area contributed by atoms with Gasteiger partial charge in [-0.05, 0) is 120 Å². The third-order valence-electron chi connectivity index (χ3n) is 10.5. The number of aryl methyl sites for hydroxylation is 1. The fourth-order valence-electron chi connectivity index (χ4n) is 7.89. The van der Waals surface area contributed by atoms with E-state index in [1.54, 1.807) is 37.8 Å². The van der Waals surface area contributed by atoms with Crippen molar-refractivity contribution in [1.82, 2.24) is 9.88 Å². The Labute approximate surface area is 317 Å². The molecule has 54 heavy (non-hydrogen) atoms. The molecule has 15 heteroatoms. The Morgan fingerprint density at radius 3 is 2.24 bits per heavy atom. The highest BCUT2D eigenvalue weighted by Crippen LogP contribution is 2.49. The van der Waals surface area contributed by atoms with Crippen LogP contribution in [-0.4, -0.2) is 57.3 Å². The van der Waals surface area contributed by atoms with Crippen LogP contribution in [0.2, 0.25) is 0 Å². The lowest BCUT2D eigenvalue weighted by molar-refractivity contribution is 0.0205. The Bertz CT molecular complexity index is 2120. The van der Waals surface area contributed by atoms with Gasteiger partial charge in [0.1, 0.15) is 22.1 Å².